The Bertz CT molecular complexity index is 886. The van der Waals surface area contributed by atoms with E-state index in [1.807, 2.05) is 28.5 Å². The van der Waals surface area contributed by atoms with Crippen molar-refractivity contribution in [3.8, 4) is 0 Å². The molecule has 3 heterocycles. The van der Waals surface area contributed by atoms with Gasteiger partial charge < -0.3 is 4.90 Å². The molecule has 0 spiro atoms. The molecule has 29 heavy (non-hydrogen) atoms. The maximum atomic E-state index is 13.0. The van der Waals surface area contributed by atoms with Crippen LogP contribution in [0.5, 0.6) is 0 Å². The monoisotopic (exact) mass is 408 g/mol. The van der Waals surface area contributed by atoms with E-state index in [2.05, 4.69) is 11.9 Å². The van der Waals surface area contributed by atoms with E-state index < -0.39 is 12.1 Å². The van der Waals surface area contributed by atoms with Crippen molar-refractivity contribution < 1.29 is 18.0 Å². The first-order valence-electron chi connectivity index (χ1n) is 10.4. The average molecular weight is 408 g/mol. The van der Waals surface area contributed by atoms with Crippen LogP contribution in [0.4, 0.5) is 13.2 Å². The van der Waals surface area contributed by atoms with Gasteiger partial charge in [-0.15, -0.1) is 0 Å². The quantitative estimate of drug-likeness (QED) is 0.705. The fourth-order valence-corrected chi connectivity index (χ4v) is 5.05. The number of alkyl halides is 3. The van der Waals surface area contributed by atoms with Crippen LogP contribution in [-0.4, -0.2) is 45.2 Å². The van der Waals surface area contributed by atoms with Gasteiger partial charge in [0, 0.05) is 36.7 Å². The smallest absolute Gasteiger partial charge is 0.344 e. The summed E-state index contributed by atoms with van der Waals surface area (Å²) in [6, 6.07) is 3.95. The molecule has 8 heteroatoms. The molecule has 0 radical (unpaired) electrons. The summed E-state index contributed by atoms with van der Waals surface area (Å²) in [4.78, 5) is 17.7. The third-order valence-electron chi connectivity index (χ3n) is 6.47. The molecule has 4 rings (SSSR count). The van der Waals surface area contributed by atoms with Gasteiger partial charge in [-0.25, -0.2) is 9.50 Å². The van der Waals surface area contributed by atoms with Crippen LogP contribution in [-0.2, 0) is 4.79 Å². The summed E-state index contributed by atoms with van der Waals surface area (Å²) in [7, 11) is 0. The van der Waals surface area contributed by atoms with Gasteiger partial charge in [-0.05, 0) is 51.0 Å². The first-order chi connectivity index (χ1) is 13.7. The standard InChI is InChI=1S/C21H27F3N4O/c1-13-7-16(11-27(10-13)12-29)19-8-14(2)25-20-9-18(26-28(19)20)15-3-5-17(6-4-15)21(22,23)24/h8-9,12-13,15-17H,3-7,10-11H2,1-2H3/t13-,15?,16+,17?/m0/s1. The average Bonchev–Trinajstić information content (AvgIpc) is 3.10. The van der Waals surface area contributed by atoms with E-state index in [-0.39, 0.29) is 24.7 Å². The number of rotatable bonds is 3. The third kappa shape index (κ3) is 4.12. The predicted octanol–water partition coefficient (Wildman–Crippen LogP) is 4.46. The fraction of sp³-hybridized carbons (Fsp3) is 0.667. The zero-order valence-electron chi connectivity index (χ0n) is 16.8. The summed E-state index contributed by atoms with van der Waals surface area (Å²) in [5, 5.41) is 4.78. The number of hydrogen-bond donors (Lipinski definition) is 0. The van der Waals surface area contributed by atoms with Crippen LogP contribution < -0.4 is 0 Å². The molecule has 0 unspecified atom stereocenters. The van der Waals surface area contributed by atoms with Crippen molar-refractivity contribution in [2.24, 2.45) is 11.8 Å². The number of piperidine rings is 1. The Balaban J connectivity index is 1.61. The molecule has 1 aliphatic carbocycles. The highest BCUT2D eigenvalue weighted by Gasteiger charge is 2.42. The van der Waals surface area contributed by atoms with Crippen molar-refractivity contribution in [2.75, 3.05) is 13.1 Å². The molecule has 2 aromatic rings. The van der Waals surface area contributed by atoms with Gasteiger partial charge >= 0.3 is 6.18 Å². The number of aromatic nitrogens is 3. The molecular weight excluding hydrogens is 381 g/mol. The number of carbonyl (C=O) groups excluding carboxylic acids is 1. The summed E-state index contributed by atoms with van der Waals surface area (Å²) >= 11 is 0. The van der Waals surface area contributed by atoms with Crippen LogP contribution in [0.1, 0.15) is 67.9 Å². The molecule has 0 aromatic carbocycles. The van der Waals surface area contributed by atoms with E-state index >= 15 is 0 Å². The summed E-state index contributed by atoms with van der Waals surface area (Å²) in [5.41, 5.74) is 3.49. The zero-order chi connectivity index (χ0) is 20.8. The maximum absolute atomic E-state index is 13.0. The van der Waals surface area contributed by atoms with Gasteiger partial charge in [-0.1, -0.05) is 6.92 Å². The topological polar surface area (TPSA) is 50.5 Å². The molecule has 1 aliphatic heterocycles. The number of amides is 1. The van der Waals surface area contributed by atoms with Crippen LogP contribution in [0.15, 0.2) is 12.1 Å². The van der Waals surface area contributed by atoms with Crippen molar-refractivity contribution in [3.63, 3.8) is 0 Å². The van der Waals surface area contributed by atoms with Gasteiger partial charge in [0.05, 0.1) is 17.3 Å². The van der Waals surface area contributed by atoms with Gasteiger partial charge in [-0.3, -0.25) is 4.79 Å². The van der Waals surface area contributed by atoms with Gasteiger partial charge in [0.2, 0.25) is 6.41 Å². The Morgan fingerprint density at radius 2 is 1.83 bits per heavy atom. The largest absolute Gasteiger partial charge is 0.391 e. The van der Waals surface area contributed by atoms with E-state index in [1.165, 1.54) is 0 Å². The van der Waals surface area contributed by atoms with Gasteiger partial charge in [0.1, 0.15) is 0 Å². The van der Waals surface area contributed by atoms with Crippen molar-refractivity contribution in [3.05, 3.63) is 29.2 Å². The molecule has 1 saturated carbocycles. The molecular formula is C21H27F3N4O. The van der Waals surface area contributed by atoms with Crippen molar-refractivity contribution in [2.45, 2.75) is 64.0 Å². The van der Waals surface area contributed by atoms with Gasteiger partial charge in [0.25, 0.3) is 0 Å². The first kappa shape index (κ1) is 20.2. The molecule has 1 amide bonds. The lowest BCUT2D eigenvalue weighted by Gasteiger charge is -2.34. The lowest BCUT2D eigenvalue weighted by atomic mass is 9.80. The third-order valence-corrected chi connectivity index (χ3v) is 6.47. The second-order valence-electron chi connectivity index (χ2n) is 8.85. The Morgan fingerprint density at radius 1 is 1.10 bits per heavy atom. The molecule has 2 aromatic heterocycles. The normalized spacial score (nSPS) is 28.7. The van der Waals surface area contributed by atoms with E-state index in [1.54, 1.807) is 0 Å². The Kier molecular flexibility index (Phi) is 5.29. The van der Waals surface area contributed by atoms with Crippen LogP contribution in [0, 0.1) is 18.8 Å². The molecule has 1 saturated heterocycles. The van der Waals surface area contributed by atoms with E-state index in [0.717, 1.165) is 42.1 Å². The van der Waals surface area contributed by atoms with E-state index in [9.17, 15) is 18.0 Å². The molecule has 2 atom stereocenters. The molecule has 5 nitrogen and oxygen atoms in total. The van der Waals surface area contributed by atoms with E-state index in [0.29, 0.717) is 25.3 Å². The molecule has 2 aliphatic rings. The van der Waals surface area contributed by atoms with Crippen LogP contribution in [0.25, 0.3) is 5.65 Å². The summed E-state index contributed by atoms with van der Waals surface area (Å²) in [5.74, 6) is -0.581. The minimum Gasteiger partial charge on any atom is -0.344 e. The number of nitrogens with zero attached hydrogens (tertiary/aromatic N) is 4. The minimum absolute atomic E-state index is 0.0419. The molecule has 0 bridgehead atoms. The number of hydrogen-bond acceptors (Lipinski definition) is 3. The number of halogens is 3. The van der Waals surface area contributed by atoms with Crippen LogP contribution in [0.2, 0.25) is 0 Å². The van der Waals surface area contributed by atoms with Crippen molar-refractivity contribution in [1.82, 2.24) is 19.5 Å². The fourth-order valence-electron chi connectivity index (χ4n) is 5.05. The van der Waals surface area contributed by atoms with Crippen molar-refractivity contribution in [1.29, 1.82) is 0 Å². The van der Waals surface area contributed by atoms with Crippen LogP contribution in [0.3, 0.4) is 0 Å². The number of aryl methyl sites for hydroxylation is 1. The van der Waals surface area contributed by atoms with Crippen molar-refractivity contribution >= 4 is 12.1 Å². The van der Waals surface area contributed by atoms with E-state index in [4.69, 9.17) is 5.10 Å². The number of likely N-dealkylation sites (tertiary alicyclic amines) is 1. The van der Waals surface area contributed by atoms with Gasteiger partial charge in [0.15, 0.2) is 5.65 Å². The molecule has 0 N–H and O–H groups in total. The Labute approximate surface area is 168 Å². The lowest BCUT2D eigenvalue weighted by molar-refractivity contribution is -0.182. The highest BCUT2D eigenvalue weighted by atomic mass is 19.4. The molecule has 158 valence electrons. The second-order valence-corrected chi connectivity index (χ2v) is 8.85. The zero-order valence-corrected chi connectivity index (χ0v) is 16.8. The maximum Gasteiger partial charge on any atom is 0.391 e. The lowest BCUT2D eigenvalue weighted by Crippen LogP contribution is -2.38. The Hall–Kier alpha value is -2.12. The first-order valence-corrected chi connectivity index (χ1v) is 10.4. The van der Waals surface area contributed by atoms with Gasteiger partial charge in [-0.2, -0.15) is 18.3 Å². The SMILES string of the molecule is Cc1cc([C@@H]2C[C@H](C)CN(C=O)C2)n2nc(C3CCC(C(F)(F)F)CC3)cc2n1. The Morgan fingerprint density at radius 3 is 2.48 bits per heavy atom. The summed E-state index contributed by atoms with van der Waals surface area (Å²) in [6.45, 7) is 5.49. The molecule has 2 fully saturated rings. The highest BCUT2D eigenvalue weighted by molar-refractivity contribution is 5.48. The second kappa shape index (κ2) is 7.61. The van der Waals surface area contributed by atoms with Crippen LogP contribution >= 0.6 is 0 Å². The number of carbonyl (C=O) groups is 1. The minimum atomic E-state index is -4.10. The summed E-state index contributed by atoms with van der Waals surface area (Å²) < 4.78 is 40.8. The number of fused-ring (bicyclic) bond motifs is 1. The predicted molar refractivity (Wildman–Crippen MR) is 103 cm³/mol. The highest BCUT2D eigenvalue weighted by Crippen LogP contribution is 2.43. The summed E-state index contributed by atoms with van der Waals surface area (Å²) in [6.07, 6.45) is -0.900.